The average molecular weight is 314 g/mol. The second-order valence-corrected chi connectivity index (χ2v) is 5.33. The van der Waals surface area contributed by atoms with E-state index in [4.69, 9.17) is 9.47 Å². The van der Waals surface area contributed by atoms with Crippen molar-refractivity contribution in [3.8, 4) is 5.75 Å². The Bertz CT molecular complexity index is 641. The summed E-state index contributed by atoms with van der Waals surface area (Å²) in [7, 11) is 1.62. The van der Waals surface area contributed by atoms with E-state index in [0.717, 1.165) is 22.6 Å². The molecule has 0 aliphatic heterocycles. The molecule has 1 aromatic heterocycles. The third kappa shape index (κ3) is 5.38. The molecule has 0 saturated carbocycles. The minimum Gasteiger partial charge on any atom is -0.497 e. The van der Waals surface area contributed by atoms with Crippen molar-refractivity contribution in [1.29, 1.82) is 0 Å². The van der Waals surface area contributed by atoms with Crippen LogP contribution in [0.2, 0.25) is 0 Å². The second kappa shape index (κ2) is 8.29. The molecule has 1 heterocycles. The molecule has 5 nitrogen and oxygen atoms in total. The zero-order valence-electron chi connectivity index (χ0n) is 13.7. The van der Waals surface area contributed by atoms with Gasteiger partial charge in [0.2, 0.25) is 5.91 Å². The Kier molecular flexibility index (Phi) is 6.11. The Hall–Kier alpha value is -2.40. The Morgan fingerprint density at radius 2 is 2.09 bits per heavy atom. The van der Waals surface area contributed by atoms with E-state index in [1.54, 1.807) is 20.2 Å². The maximum absolute atomic E-state index is 12.0. The number of hydrogen-bond acceptors (Lipinski definition) is 4. The standard InChI is InChI=1S/C18H22N2O3/c1-13-7-8-16(10-19-13)11-20-18(21)14(2)23-12-15-5-4-6-17(9-15)22-3/h4-10,14H,11-12H2,1-3H3,(H,20,21). The van der Waals surface area contributed by atoms with Crippen molar-refractivity contribution in [2.45, 2.75) is 33.1 Å². The van der Waals surface area contributed by atoms with Gasteiger partial charge in [-0.2, -0.15) is 0 Å². The quantitative estimate of drug-likeness (QED) is 0.853. The van der Waals surface area contributed by atoms with E-state index in [-0.39, 0.29) is 5.91 Å². The van der Waals surface area contributed by atoms with Gasteiger partial charge in [-0.05, 0) is 43.2 Å². The lowest BCUT2D eigenvalue weighted by molar-refractivity contribution is -0.132. The van der Waals surface area contributed by atoms with Gasteiger partial charge in [-0.15, -0.1) is 0 Å². The topological polar surface area (TPSA) is 60.5 Å². The van der Waals surface area contributed by atoms with Gasteiger partial charge in [-0.3, -0.25) is 9.78 Å². The molecule has 0 fully saturated rings. The van der Waals surface area contributed by atoms with Crippen LogP contribution in [0, 0.1) is 6.92 Å². The molecule has 1 unspecified atom stereocenters. The van der Waals surface area contributed by atoms with Gasteiger partial charge >= 0.3 is 0 Å². The van der Waals surface area contributed by atoms with E-state index in [1.807, 2.05) is 43.3 Å². The lowest BCUT2D eigenvalue weighted by Crippen LogP contribution is -2.34. The van der Waals surface area contributed by atoms with Gasteiger partial charge in [0.25, 0.3) is 0 Å². The summed E-state index contributed by atoms with van der Waals surface area (Å²) in [5.41, 5.74) is 2.88. The molecule has 1 atom stereocenters. The van der Waals surface area contributed by atoms with Crippen LogP contribution in [0.25, 0.3) is 0 Å². The van der Waals surface area contributed by atoms with E-state index in [2.05, 4.69) is 10.3 Å². The molecule has 1 aromatic carbocycles. The first kappa shape index (κ1) is 17.0. The molecule has 0 radical (unpaired) electrons. The highest BCUT2D eigenvalue weighted by molar-refractivity contribution is 5.80. The third-order valence-electron chi connectivity index (χ3n) is 3.44. The van der Waals surface area contributed by atoms with Crippen LogP contribution in [0.5, 0.6) is 5.75 Å². The number of amides is 1. The fourth-order valence-electron chi connectivity index (χ4n) is 2.00. The zero-order chi connectivity index (χ0) is 16.7. The number of carbonyl (C=O) groups excluding carboxylic acids is 1. The van der Waals surface area contributed by atoms with Crippen molar-refractivity contribution in [2.75, 3.05) is 7.11 Å². The van der Waals surface area contributed by atoms with Crippen LogP contribution in [0.1, 0.15) is 23.7 Å². The summed E-state index contributed by atoms with van der Waals surface area (Å²) in [6.07, 6.45) is 1.23. The normalized spacial score (nSPS) is 11.8. The predicted octanol–water partition coefficient (Wildman–Crippen LogP) is 2.62. The van der Waals surface area contributed by atoms with Gasteiger partial charge in [-0.25, -0.2) is 0 Å². The van der Waals surface area contributed by atoms with Crippen LogP contribution >= 0.6 is 0 Å². The SMILES string of the molecule is COc1cccc(COC(C)C(=O)NCc2ccc(C)nc2)c1. The Labute approximate surface area is 136 Å². The van der Waals surface area contributed by atoms with Crippen molar-refractivity contribution in [1.82, 2.24) is 10.3 Å². The molecular weight excluding hydrogens is 292 g/mol. The molecule has 122 valence electrons. The van der Waals surface area contributed by atoms with Crippen LogP contribution in [0.4, 0.5) is 0 Å². The van der Waals surface area contributed by atoms with Crippen molar-refractivity contribution < 1.29 is 14.3 Å². The van der Waals surface area contributed by atoms with E-state index < -0.39 is 6.10 Å². The maximum Gasteiger partial charge on any atom is 0.249 e. The Morgan fingerprint density at radius 1 is 1.26 bits per heavy atom. The molecule has 0 aliphatic rings. The Balaban J connectivity index is 1.79. The van der Waals surface area contributed by atoms with E-state index in [0.29, 0.717) is 13.2 Å². The number of methoxy groups -OCH3 is 1. The molecule has 2 aromatic rings. The van der Waals surface area contributed by atoms with Gasteiger partial charge < -0.3 is 14.8 Å². The fourth-order valence-corrected chi connectivity index (χ4v) is 2.00. The number of ether oxygens (including phenoxy) is 2. The van der Waals surface area contributed by atoms with Crippen LogP contribution in [0.15, 0.2) is 42.6 Å². The minimum absolute atomic E-state index is 0.145. The highest BCUT2D eigenvalue weighted by atomic mass is 16.5. The first-order chi connectivity index (χ1) is 11.1. The number of aromatic nitrogens is 1. The number of benzene rings is 1. The number of hydrogen-bond donors (Lipinski definition) is 1. The molecule has 0 bridgehead atoms. The first-order valence-electron chi connectivity index (χ1n) is 7.52. The molecule has 0 saturated heterocycles. The number of carbonyl (C=O) groups is 1. The van der Waals surface area contributed by atoms with Gasteiger partial charge in [0.05, 0.1) is 13.7 Å². The summed E-state index contributed by atoms with van der Waals surface area (Å²) in [5.74, 6) is 0.628. The van der Waals surface area contributed by atoms with Crippen LogP contribution in [-0.4, -0.2) is 24.1 Å². The highest BCUT2D eigenvalue weighted by Gasteiger charge is 2.13. The van der Waals surface area contributed by atoms with Crippen LogP contribution in [0.3, 0.4) is 0 Å². The van der Waals surface area contributed by atoms with Crippen molar-refractivity contribution in [3.05, 3.63) is 59.4 Å². The zero-order valence-corrected chi connectivity index (χ0v) is 13.7. The molecular formula is C18H22N2O3. The average Bonchev–Trinajstić information content (AvgIpc) is 2.59. The predicted molar refractivity (Wildman–Crippen MR) is 88.1 cm³/mol. The highest BCUT2D eigenvalue weighted by Crippen LogP contribution is 2.13. The van der Waals surface area contributed by atoms with Crippen LogP contribution < -0.4 is 10.1 Å². The van der Waals surface area contributed by atoms with Gasteiger partial charge in [0.15, 0.2) is 0 Å². The molecule has 0 spiro atoms. The van der Waals surface area contributed by atoms with E-state index >= 15 is 0 Å². The van der Waals surface area contributed by atoms with E-state index in [1.165, 1.54) is 0 Å². The largest absolute Gasteiger partial charge is 0.497 e. The summed E-state index contributed by atoms with van der Waals surface area (Å²) in [6.45, 7) is 4.47. The summed E-state index contributed by atoms with van der Waals surface area (Å²) in [5, 5.41) is 2.85. The number of aryl methyl sites for hydroxylation is 1. The number of nitrogens with zero attached hydrogens (tertiary/aromatic N) is 1. The third-order valence-corrected chi connectivity index (χ3v) is 3.44. The van der Waals surface area contributed by atoms with Crippen LogP contribution in [-0.2, 0) is 22.7 Å². The Morgan fingerprint density at radius 3 is 2.78 bits per heavy atom. The number of nitrogens with one attached hydrogen (secondary N) is 1. The molecule has 5 heteroatoms. The molecule has 2 rings (SSSR count). The minimum atomic E-state index is -0.528. The van der Waals surface area contributed by atoms with Gasteiger partial charge in [0.1, 0.15) is 11.9 Å². The van der Waals surface area contributed by atoms with E-state index in [9.17, 15) is 4.79 Å². The van der Waals surface area contributed by atoms with Gasteiger partial charge in [-0.1, -0.05) is 18.2 Å². The second-order valence-electron chi connectivity index (χ2n) is 5.33. The summed E-state index contributed by atoms with van der Waals surface area (Å²) < 4.78 is 10.8. The molecule has 1 N–H and O–H groups in total. The molecule has 23 heavy (non-hydrogen) atoms. The number of rotatable bonds is 7. The van der Waals surface area contributed by atoms with Gasteiger partial charge in [0, 0.05) is 18.4 Å². The lowest BCUT2D eigenvalue weighted by atomic mass is 10.2. The summed E-state index contributed by atoms with van der Waals surface area (Å²) >= 11 is 0. The smallest absolute Gasteiger partial charge is 0.249 e. The summed E-state index contributed by atoms with van der Waals surface area (Å²) in [4.78, 5) is 16.2. The monoisotopic (exact) mass is 314 g/mol. The molecule has 0 aliphatic carbocycles. The van der Waals surface area contributed by atoms with Crippen molar-refractivity contribution in [2.24, 2.45) is 0 Å². The molecule has 1 amide bonds. The maximum atomic E-state index is 12.0. The number of pyridine rings is 1. The van der Waals surface area contributed by atoms with Crippen molar-refractivity contribution >= 4 is 5.91 Å². The first-order valence-corrected chi connectivity index (χ1v) is 7.52. The summed E-state index contributed by atoms with van der Waals surface area (Å²) in [6, 6.07) is 11.5. The fraction of sp³-hybridized carbons (Fsp3) is 0.333. The lowest BCUT2D eigenvalue weighted by Gasteiger charge is -2.14. The van der Waals surface area contributed by atoms with Crippen molar-refractivity contribution in [3.63, 3.8) is 0 Å².